The predicted octanol–water partition coefficient (Wildman–Crippen LogP) is 1.60. The summed E-state index contributed by atoms with van der Waals surface area (Å²) in [7, 11) is 0. The molecule has 4 nitrogen and oxygen atoms in total. The molecule has 0 fully saturated rings. The van der Waals surface area contributed by atoms with Crippen LogP contribution in [0.4, 0.5) is 0 Å². The quantitative estimate of drug-likeness (QED) is 0.845. The van der Waals surface area contributed by atoms with Crippen molar-refractivity contribution in [3.63, 3.8) is 0 Å². The smallest absolute Gasteiger partial charge is 0.307 e. The van der Waals surface area contributed by atoms with Crippen LogP contribution < -0.4 is 0 Å². The van der Waals surface area contributed by atoms with Gasteiger partial charge in [0.2, 0.25) is 0 Å². The van der Waals surface area contributed by atoms with Crippen LogP contribution in [0, 0.1) is 5.92 Å². The van der Waals surface area contributed by atoms with E-state index in [1.54, 1.807) is 18.5 Å². The normalized spacial score (nSPS) is 12.1. The van der Waals surface area contributed by atoms with Gasteiger partial charge in [0.05, 0.1) is 5.92 Å². The molecule has 0 aliphatic rings. The molecule has 1 aromatic rings. The fourth-order valence-electron chi connectivity index (χ4n) is 1.24. The van der Waals surface area contributed by atoms with Gasteiger partial charge in [-0.15, -0.1) is 0 Å². The molecule has 0 radical (unpaired) electrons. The maximum atomic E-state index is 11.0. The fraction of sp³-hybridized carbons (Fsp3) is 0.364. The number of hydrogen-bond acceptors (Lipinski definition) is 4. The van der Waals surface area contributed by atoms with Crippen LogP contribution in [0.5, 0.6) is 0 Å². The Kier molecular flexibility index (Phi) is 4.98. The second-order valence-electron chi connectivity index (χ2n) is 3.40. The second kappa shape index (κ2) is 6.27. The van der Waals surface area contributed by atoms with Crippen molar-refractivity contribution in [1.29, 1.82) is 0 Å². The molecule has 1 heterocycles. The van der Waals surface area contributed by atoms with Gasteiger partial charge in [0, 0.05) is 25.1 Å². The van der Waals surface area contributed by atoms with E-state index in [9.17, 15) is 9.59 Å². The second-order valence-corrected chi connectivity index (χ2v) is 4.60. The van der Waals surface area contributed by atoms with Crippen LogP contribution in [0.15, 0.2) is 24.5 Å². The number of carbonyl (C=O) groups excluding carboxylic acids is 1. The molecule has 1 atom stereocenters. The summed E-state index contributed by atoms with van der Waals surface area (Å²) in [5.41, 5.74) is 0.874. The number of rotatable bonds is 5. The number of carboxylic acid groups (broad SMARTS) is 1. The number of aromatic nitrogens is 1. The Labute approximate surface area is 98.1 Å². The minimum absolute atomic E-state index is 0.0579. The number of thioether (sulfide) groups is 1. The Balaban J connectivity index is 2.58. The van der Waals surface area contributed by atoms with E-state index in [-0.39, 0.29) is 5.12 Å². The van der Waals surface area contributed by atoms with Gasteiger partial charge >= 0.3 is 5.97 Å². The average molecular weight is 239 g/mol. The van der Waals surface area contributed by atoms with Gasteiger partial charge in [-0.25, -0.2) is 0 Å². The zero-order chi connectivity index (χ0) is 12.0. The minimum Gasteiger partial charge on any atom is -0.481 e. The first-order chi connectivity index (χ1) is 7.59. The lowest BCUT2D eigenvalue weighted by Crippen LogP contribution is -2.19. The molecular formula is C11H13NO3S. The lowest BCUT2D eigenvalue weighted by atomic mass is 10.0. The molecule has 0 aliphatic heterocycles. The van der Waals surface area contributed by atoms with Gasteiger partial charge in [0.15, 0.2) is 5.12 Å². The minimum atomic E-state index is -0.877. The first-order valence-corrected chi connectivity index (χ1v) is 5.83. The van der Waals surface area contributed by atoms with E-state index >= 15 is 0 Å². The number of nitrogens with zero attached hydrogens (tertiary/aromatic N) is 1. The third kappa shape index (κ3) is 4.44. The summed E-state index contributed by atoms with van der Waals surface area (Å²) in [6.07, 6.45) is 3.70. The predicted molar refractivity (Wildman–Crippen MR) is 62.2 cm³/mol. The molecule has 0 amide bonds. The van der Waals surface area contributed by atoms with Crippen molar-refractivity contribution in [2.75, 3.05) is 5.75 Å². The molecular weight excluding hydrogens is 226 g/mol. The lowest BCUT2D eigenvalue weighted by molar-refractivity contribution is -0.140. The number of hydrogen-bond donors (Lipinski definition) is 1. The number of aliphatic carboxylic acids is 1. The number of carbonyl (C=O) groups is 2. The van der Waals surface area contributed by atoms with Crippen LogP contribution in [0.25, 0.3) is 0 Å². The molecule has 0 aromatic carbocycles. The topological polar surface area (TPSA) is 67.3 Å². The largest absolute Gasteiger partial charge is 0.481 e. The summed E-state index contributed by atoms with van der Waals surface area (Å²) in [6, 6.07) is 3.60. The highest BCUT2D eigenvalue weighted by molar-refractivity contribution is 8.13. The highest BCUT2D eigenvalue weighted by Crippen LogP contribution is 2.15. The highest BCUT2D eigenvalue weighted by atomic mass is 32.2. The first-order valence-electron chi connectivity index (χ1n) is 4.84. The van der Waals surface area contributed by atoms with Gasteiger partial charge in [-0.2, -0.15) is 0 Å². The van der Waals surface area contributed by atoms with E-state index < -0.39 is 11.9 Å². The van der Waals surface area contributed by atoms with E-state index in [0.29, 0.717) is 12.2 Å². The molecule has 0 bridgehead atoms. The summed E-state index contributed by atoms with van der Waals surface area (Å²) >= 11 is 1.05. The van der Waals surface area contributed by atoms with Crippen LogP contribution in [0.3, 0.4) is 0 Å². The third-order valence-electron chi connectivity index (χ3n) is 2.04. The van der Waals surface area contributed by atoms with Gasteiger partial charge < -0.3 is 5.11 Å². The van der Waals surface area contributed by atoms with Crippen molar-refractivity contribution in [2.45, 2.75) is 13.3 Å². The number of pyridine rings is 1. The molecule has 0 saturated carbocycles. The van der Waals surface area contributed by atoms with Crippen molar-refractivity contribution >= 4 is 22.8 Å². The summed E-state index contributed by atoms with van der Waals surface area (Å²) in [5, 5.41) is 8.94. The molecule has 86 valence electrons. The average Bonchev–Trinajstić information content (AvgIpc) is 2.25. The summed E-state index contributed by atoms with van der Waals surface area (Å²) < 4.78 is 0. The van der Waals surface area contributed by atoms with Gasteiger partial charge in [0.25, 0.3) is 0 Å². The van der Waals surface area contributed by atoms with Crippen molar-refractivity contribution in [3.05, 3.63) is 30.1 Å². The van der Waals surface area contributed by atoms with Crippen LogP contribution >= 0.6 is 11.8 Å². The molecule has 0 saturated heterocycles. The van der Waals surface area contributed by atoms with Gasteiger partial charge in [0.1, 0.15) is 0 Å². The van der Waals surface area contributed by atoms with Gasteiger partial charge in [-0.3, -0.25) is 14.6 Å². The fourth-order valence-corrected chi connectivity index (χ4v) is 1.94. The number of carboxylic acids is 1. The van der Waals surface area contributed by atoms with Crippen molar-refractivity contribution in [3.8, 4) is 0 Å². The van der Waals surface area contributed by atoms with Crippen LogP contribution in [0.2, 0.25) is 0 Å². The van der Waals surface area contributed by atoms with Crippen LogP contribution in [-0.2, 0) is 16.0 Å². The highest BCUT2D eigenvalue weighted by Gasteiger charge is 2.18. The van der Waals surface area contributed by atoms with E-state index in [2.05, 4.69) is 4.98 Å². The molecule has 16 heavy (non-hydrogen) atoms. The molecule has 1 N–H and O–H groups in total. The zero-order valence-corrected chi connectivity index (χ0v) is 9.74. The van der Waals surface area contributed by atoms with E-state index in [4.69, 9.17) is 5.11 Å². The summed E-state index contributed by atoms with van der Waals surface area (Å²) in [6.45, 7) is 1.44. The van der Waals surface area contributed by atoms with Crippen molar-refractivity contribution in [1.82, 2.24) is 4.98 Å². The molecule has 0 aliphatic carbocycles. The Morgan fingerprint density at radius 2 is 2.31 bits per heavy atom. The third-order valence-corrected chi connectivity index (χ3v) is 3.02. The Morgan fingerprint density at radius 1 is 1.56 bits per heavy atom. The van der Waals surface area contributed by atoms with E-state index in [1.165, 1.54) is 6.92 Å². The SMILES string of the molecule is CC(=O)SCC(Cc1cccnc1)C(=O)O. The Morgan fingerprint density at radius 3 is 2.81 bits per heavy atom. The molecule has 1 unspecified atom stereocenters. The van der Waals surface area contributed by atoms with Crippen molar-refractivity contribution in [2.24, 2.45) is 5.92 Å². The monoisotopic (exact) mass is 239 g/mol. The van der Waals surface area contributed by atoms with E-state index in [1.807, 2.05) is 6.07 Å². The van der Waals surface area contributed by atoms with Crippen LogP contribution in [0.1, 0.15) is 12.5 Å². The molecule has 1 aromatic heterocycles. The molecule has 0 spiro atoms. The molecule has 1 rings (SSSR count). The van der Waals surface area contributed by atoms with Gasteiger partial charge in [-0.1, -0.05) is 17.8 Å². The van der Waals surface area contributed by atoms with Crippen LogP contribution in [-0.4, -0.2) is 26.9 Å². The Bertz CT molecular complexity index is 367. The zero-order valence-electron chi connectivity index (χ0n) is 8.92. The maximum absolute atomic E-state index is 11.0. The van der Waals surface area contributed by atoms with Crippen molar-refractivity contribution < 1.29 is 14.7 Å². The standard InChI is InChI=1S/C11H13NO3S/c1-8(13)16-7-10(11(14)15)5-9-3-2-4-12-6-9/h2-4,6,10H,5,7H2,1H3,(H,14,15). The van der Waals surface area contributed by atoms with E-state index in [0.717, 1.165) is 17.3 Å². The molecule has 5 heteroatoms. The maximum Gasteiger partial charge on any atom is 0.307 e. The Hall–Kier alpha value is -1.36. The summed E-state index contributed by atoms with van der Waals surface area (Å²) in [5.74, 6) is -1.12. The summed E-state index contributed by atoms with van der Waals surface area (Å²) in [4.78, 5) is 25.7. The van der Waals surface area contributed by atoms with Gasteiger partial charge in [-0.05, 0) is 18.1 Å². The lowest BCUT2D eigenvalue weighted by Gasteiger charge is -2.10. The first kappa shape index (κ1) is 12.7.